The first kappa shape index (κ1) is 11.9. The standard InChI is InChI=1S/C13H19BrN2/c1-10-9-16(2)7-6-13(10)15-12-5-3-4-11(14)8-12/h3-5,8,10,13,15H,6-7,9H2,1-2H3. The van der Waals surface area contributed by atoms with Gasteiger partial charge in [0.2, 0.25) is 0 Å². The Hall–Kier alpha value is -0.540. The second kappa shape index (κ2) is 5.19. The van der Waals surface area contributed by atoms with Crippen LogP contribution in [-0.4, -0.2) is 31.1 Å². The zero-order chi connectivity index (χ0) is 11.5. The average Bonchev–Trinajstić information content (AvgIpc) is 2.22. The number of hydrogen-bond donors (Lipinski definition) is 1. The lowest BCUT2D eigenvalue weighted by Crippen LogP contribution is -2.43. The number of halogens is 1. The summed E-state index contributed by atoms with van der Waals surface area (Å²) >= 11 is 3.50. The van der Waals surface area contributed by atoms with Crippen LogP contribution in [0.4, 0.5) is 5.69 Å². The smallest absolute Gasteiger partial charge is 0.0353 e. The third-order valence-corrected chi connectivity index (χ3v) is 3.78. The van der Waals surface area contributed by atoms with Gasteiger partial charge in [0.1, 0.15) is 0 Å². The van der Waals surface area contributed by atoms with Crippen molar-refractivity contribution in [3.05, 3.63) is 28.7 Å². The van der Waals surface area contributed by atoms with Gasteiger partial charge in [-0.25, -0.2) is 0 Å². The molecule has 1 aliphatic rings. The molecule has 2 nitrogen and oxygen atoms in total. The third kappa shape index (κ3) is 2.98. The van der Waals surface area contributed by atoms with E-state index in [-0.39, 0.29) is 0 Å². The normalized spacial score (nSPS) is 26.7. The lowest BCUT2D eigenvalue weighted by Gasteiger charge is -2.35. The molecule has 1 saturated heterocycles. The van der Waals surface area contributed by atoms with Gasteiger partial charge in [0.15, 0.2) is 0 Å². The van der Waals surface area contributed by atoms with Gasteiger partial charge in [-0.3, -0.25) is 0 Å². The highest BCUT2D eigenvalue weighted by molar-refractivity contribution is 9.10. The molecule has 1 aliphatic heterocycles. The van der Waals surface area contributed by atoms with Crippen LogP contribution in [0.2, 0.25) is 0 Å². The molecule has 0 radical (unpaired) electrons. The van der Waals surface area contributed by atoms with Crippen molar-refractivity contribution in [3.63, 3.8) is 0 Å². The highest BCUT2D eigenvalue weighted by Crippen LogP contribution is 2.22. The summed E-state index contributed by atoms with van der Waals surface area (Å²) in [6.45, 7) is 4.70. The van der Waals surface area contributed by atoms with E-state index in [1.807, 2.05) is 0 Å². The summed E-state index contributed by atoms with van der Waals surface area (Å²) in [5, 5.41) is 3.64. The molecule has 0 amide bonds. The first-order valence-electron chi connectivity index (χ1n) is 5.86. The van der Waals surface area contributed by atoms with E-state index in [9.17, 15) is 0 Å². The Kier molecular flexibility index (Phi) is 3.87. The molecule has 1 N–H and O–H groups in total. The van der Waals surface area contributed by atoms with Crippen molar-refractivity contribution in [2.24, 2.45) is 5.92 Å². The molecule has 0 spiro atoms. The SMILES string of the molecule is CC1CN(C)CCC1Nc1cccc(Br)c1. The van der Waals surface area contributed by atoms with Crippen molar-refractivity contribution >= 4 is 21.6 Å². The average molecular weight is 283 g/mol. The molecule has 0 aromatic heterocycles. The minimum absolute atomic E-state index is 0.602. The quantitative estimate of drug-likeness (QED) is 0.896. The number of nitrogens with zero attached hydrogens (tertiary/aromatic N) is 1. The summed E-state index contributed by atoms with van der Waals surface area (Å²) in [5.41, 5.74) is 1.22. The fraction of sp³-hybridized carbons (Fsp3) is 0.538. The largest absolute Gasteiger partial charge is 0.382 e. The number of rotatable bonds is 2. The summed E-state index contributed by atoms with van der Waals surface area (Å²) in [4.78, 5) is 2.41. The molecule has 0 bridgehead atoms. The van der Waals surface area contributed by atoms with Gasteiger partial charge >= 0.3 is 0 Å². The maximum Gasteiger partial charge on any atom is 0.0353 e. The number of nitrogens with one attached hydrogen (secondary N) is 1. The molecule has 1 aromatic rings. The minimum atomic E-state index is 0.602. The van der Waals surface area contributed by atoms with E-state index < -0.39 is 0 Å². The Morgan fingerprint density at radius 1 is 1.44 bits per heavy atom. The van der Waals surface area contributed by atoms with E-state index in [0.29, 0.717) is 12.0 Å². The number of likely N-dealkylation sites (tertiary alicyclic amines) is 1. The summed E-state index contributed by atoms with van der Waals surface area (Å²) in [7, 11) is 2.20. The number of anilines is 1. The van der Waals surface area contributed by atoms with Crippen LogP contribution in [0.15, 0.2) is 28.7 Å². The van der Waals surface area contributed by atoms with Crippen LogP contribution in [-0.2, 0) is 0 Å². The second-order valence-electron chi connectivity index (χ2n) is 4.79. The molecular weight excluding hydrogens is 264 g/mol. The molecule has 1 fully saturated rings. The van der Waals surface area contributed by atoms with E-state index >= 15 is 0 Å². The Labute approximate surface area is 106 Å². The maximum atomic E-state index is 3.64. The van der Waals surface area contributed by atoms with Gasteiger partial charge in [-0.1, -0.05) is 28.9 Å². The topological polar surface area (TPSA) is 15.3 Å². The third-order valence-electron chi connectivity index (χ3n) is 3.29. The van der Waals surface area contributed by atoms with Gasteiger partial charge in [0, 0.05) is 22.7 Å². The van der Waals surface area contributed by atoms with Crippen LogP contribution in [0.1, 0.15) is 13.3 Å². The molecule has 2 unspecified atom stereocenters. The van der Waals surface area contributed by atoms with Crippen molar-refractivity contribution in [2.45, 2.75) is 19.4 Å². The molecule has 0 aliphatic carbocycles. The molecule has 1 heterocycles. The second-order valence-corrected chi connectivity index (χ2v) is 5.71. The Morgan fingerprint density at radius 3 is 2.94 bits per heavy atom. The van der Waals surface area contributed by atoms with Gasteiger partial charge in [-0.15, -0.1) is 0 Å². The molecule has 1 aromatic carbocycles. The predicted molar refractivity (Wildman–Crippen MR) is 72.8 cm³/mol. The number of piperidine rings is 1. The highest BCUT2D eigenvalue weighted by atomic mass is 79.9. The minimum Gasteiger partial charge on any atom is -0.382 e. The molecule has 2 rings (SSSR count). The van der Waals surface area contributed by atoms with Crippen LogP contribution in [0.5, 0.6) is 0 Å². The molecule has 3 heteroatoms. The molecule has 2 atom stereocenters. The van der Waals surface area contributed by atoms with E-state index in [1.165, 1.54) is 25.2 Å². The summed E-state index contributed by atoms with van der Waals surface area (Å²) in [6, 6.07) is 9.02. The highest BCUT2D eigenvalue weighted by Gasteiger charge is 2.23. The van der Waals surface area contributed by atoms with Crippen molar-refractivity contribution in [1.29, 1.82) is 0 Å². The maximum absolute atomic E-state index is 3.64. The lowest BCUT2D eigenvalue weighted by molar-refractivity contribution is 0.206. The zero-order valence-electron chi connectivity index (χ0n) is 9.91. The van der Waals surface area contributed by atoms with Crippen LogP contribution in [0.3, 0.4) is 0 Å². The van der Waals surface area contributed by atoms with Crippen LogP contribution in [0, 0.1) is 5.92 Å². The molecule has 0 saturated carbocycles. The van der Waals surface area contributed by atoms with Gasteiger partial charge in [0.05, 0.1) is 0 Å². The van der Waals surface area contributed by atoms with E-state index in [1.54, 1.807) is 0 Å². The van der Waals surface area contributed by atoms with E-state index in [4.69, 9.17) is 0 Å². The van der Waals surface area contributed by atoms with E-state index in [0.717, 1.165) is 4.47 Å². The van der Waals surface area contributed by atoms with Crippen molar-refractivity contribution in [2.75, 3.05) is 25.5 Å². The lowest BCUT2D eigenvalue weighted by atomic mass is 9.94. The molecular formula is C13H19BrN2. The van der Waals surface area contributed by atoms with Crippen molar-refractivity contribution < 1.29 is 0 Å². The number of benzene rings is 1. The van der Waals surface area contributed by atoms with Gasteiger partial charge in [0.25, 0.3) is 0 Å². The van der Waals surface area contributed by atoms with E-state index in [2.05, 4.69) is 64.4 Å². The first-order valence-corrected chi connectivity index (χ1v) is 6.65. The fourth-order valence-electron chi connectivity index (χ4n) is 2.36. The van der Waals surface area contributed by atoms with Gasteiger partial charge < -0.3 is 10.2 Å². The van der Waals surface area contributed by atoms with Crippen LogP contribution >= 0.6 is 15.9 Å². The molecule has 88 valence electrons. The Morgan fingerprint density at radius 2 is 2.25 bits per heavy atom. The van der Waals surface area contributed by atoms with Crippen LogP contribution < -0.4 is 5.32 Å². The van der Waals surface area contributed by atoms with Crippen molar-refractivity contribution in [3.8, 4) is 0 Å². The summed E-state index contributed by atoms with van der Waals surface area (Å²) in [6.07, 6.45) is 1.23. The van der Waals surface area contributed by atoms with Gasteiger partial charge in [-0.2, -0.15) is 0 Å². The van der Waals surface area contributed by atoms with Crippen molar-refractivity contribution in [1.82, 2.24) is 4.90 Å². The summed E-state index contributed by atoms with van der Waals surface area (Å²) in [5.74, 6) is 0.706. The predicted octanol–water partition coefficient (Wildman–Crippen LogP) is 3.20. The Balaban J connectivity index is 1.99. The van der Waals surface area contributed by atoms with Crippen LogP contribution in [0.25, 0.3) is 0 Å². The van der Waals surface area contributed by atoms with Gasteiger partial charge in [-0.05, 0) is 44.1 Å². The monoisotopic (exact) mass is 282 g/mol. The Bertz CT molecular complexity index is 354. The molecule has 16 heavy (non-hydrogen) atoms. The fourth-order valence-corrected chi connectivity index (χ4v) is 2.76. The number of hydrogen-bond acceptors (Lipinski definition) is 2. The zero-order valence-corrected chi connectivity index (χ0v) is 11.5. The summed E-state index contributed by atoms with van der Waals surface area (Å²) < 4.78 is 1.14. The first-order chi connectivity index (χ1) is 7.65.